The van der Waals surface area contributed by atoms with E-state index >= 15 is 0 Å². The fourth-order valence-corrected chi connectivity index (χ4v) is 6.39. The molecule has 0 spiro atoms. The first-order valence-electron chi connectivity index (χ1n) is 12.8. The molecule has 6 rings (SSSR count). The van der Waals surface area contributed by atoms with Gasteiger partial charge in [0.05, 0.1) is 30.5 Å². The van der Waals surface area contributed by atoms with Gasteiger partial charge in [-0.3, -0.25) is 9.36 Å². The summed E-state index contributed by atoms with van der Waals surface area (Å²) >= 11 is 1.40. The molecule has 1 aliphatic heterocycles. The van der Waals surface area contributed by atoms with Gasteiger partial charge in [0.15, 0.2) is 16.3 Å². The van der Waals surface area contributed by atoms with Crippen molar-refractivity contribution in [2.75, 3.05) is 20.8 Å². The Bertz CT molecular complexity index is 1780. The van der Waals surface area contributed by atoms with Crippen LogP contribution in [0.2, 0.25) is 0 Å². The minimum atomic E-state index is -0.355. The molecule has 3 aromatic carbocycles. The summed E-state index contributed by atoms with van der Waals surface area (Å²) in [5.74, 6) is 2.01. The summed E-state index contributed by atoms with van der Waals surface area (Å²) in [5.41, 5.74) is 6.18. The topological polar surface area (TPSA) is 62.0 Å². The summed E-state index contributed by atoms with van der Waals surface area (Å²) in [4.78, 5) is 19.8. The minimum Gasteiger partial charge on any atom is -0.493 e. The quantitative estimate of drug-likeness (QED) is 0.315. The van der Waals surface area contributed by atoms with E-state index in [1.54, 1.807) is 20.3 Å². The second-order valence-electron chi connectivity index (χ2n) is 9.37. The van der Waals surface area contributed by atoms with Crippen molar-refractivity contribution in [1.29, 1.82) is 0 Å². The molecule has 1 atom stereocenters. The Balaban J connectivity index is 1.57. The third-order valence-electron chi connectivity index (χ3n) is 7.15. The van der Waals surface area contributed by atoms with E-state index in [2.05, 4.69) is 24.8 Å². The van der Waals surface area contributed by atoms with Gasteiger partial charge in [0.25, 0.3) is 5.56 Å². The first-order valence-corrected chi connectivity index (χ1v) is 13.6. The van der Waals surface area contributed by atoms with Gasteiger partial charge in [0.2, 0.25) is 0 Å². The molecule has 0 amide bonds. The number of hydrogen-bond donors (Lipinski definition) is 0. The van der Waals surface area contributed by atoms with Crippen molar-refractivity contribution in [3.05, 3.63) is 127 Å². The smallest absolute Gasteiger partial charge is 0.271 e. The van der Waals surface area contributed by atoms with Crippen molar-refractivity contribution >= 4 is 23.1 Å². The molecule has 0 bridgehead atoms. The molecule has 1 aliphatic carbocycles. The highest BCUT2D eigenvalue weighted by Crippen LogP contribution is 2.45. The van der Waals surface area contributed by atoms with Gasteiger partial charge >= 0.3 is 0 Å². The van der Waals surface area contributed by atoms with Crippen LogP contribution in [-0.4, -0.2) is 25.4 Å². The van der Waals surface area contributed by atoms with Gasteiger partial charge in [-0.15, -0.1) is 0 Å². The monoisotopic (exact) mass is 536 g/mol. The lowest BCUT2D eigenvalue weighted by Gasteiger charge is -2.31. The molecule has 39 heavy (non-hydrogen) atoms. The van der Waals surface area contributed by atoms with Crippen LogP contribution in [0.4, 0.5) is 0 Å². The van der Waals surface area contributed by atoms with Crippen molar-refractivity contribution in [2.24, 2.45) is 4.99 Å². The molecule has 0 fully saturated rings. The number of aromatic nitrogens is 1. The van der Waals surface area contributed by atoms with Gasteiger partial charge < -0.3 is 14.2 Å². The summed E-state index contributed by atoms with van der Waals surface area (Å²) in [6, 6.07) is 21.6. The fraction of sp³-hybridized carbons (Fsp3) is 0.188. The molecule has 0 radical (unpaired) electrons. The Kier molecular flexibility index (Phi) is 6.67. The van der Waals surface area contributed by atoms with E-state index in [4.69, 9.17) is 19.2 Å². The molecule has 0 saturated heterocycles. The molecule has 2 aliphatic rings. The lowest BCUT2D eigenvalue weighted by Crippen LogP contribution is -2.39. The summed E-state index contributed by atoms with van der Waals surface area (Å²) in [6.45, 7) is 4.13. The van der Waals surface area contributed by atoms with Crippen LogP contribution in [0.15, 0.2) is 94.7 Å². The number of benzene rings is 3. The maximum atomic E-state index is 14.0. The third kappa shape index (κ3) is 4.38. The molecule has 1 unspecified atom stereocenters. The Labute approximate surface area is 230 Å². The number of aryl methyl sites for hydroxylation is 1. The van der Waals surface area contributed by atoms with E-state index in [-0.39, 0.29) is 11.6 Å². The highest BCUT2D eigenvalue weighted by atomic mass is 32.1. The SMILES string of the molecule is C=CCOc1ccc(C=c2sc3n(c2=O)C(c2cccc(OC)c2OC)C2=C(N=3)c3ccccc3CC2)cc1. The number of fused-ring (bicyclic) bond motifs is 3. The Morgan fingerprint density at radius 2 is 1.85 bits per heavy atom. The predicted molar refractivity (Wildman–Crippen MR) is 154 cm³/mol. The zero-order valence-electron chi connectivity index (χ0n) is 21.8. The van der Waals surface area contributed by atoms with Gasteiger partial charge in [-0.2, -0.15) is 0 Å². The number of thiazole rings is 1. The molecular weight excluding hydrogens is 508 g/mol. The average Bonchev–Trinajstić information content (AvgIpc) is 3.29. The highest BCUT2D eigenvalue weighted by Gasteiger charge is 2.34. The van der Waals surface area contributed by atoms with E-state index in [1.807, 2.05) is 59.2 Å². The van der Waals surface area contributed by atoms with Crippen molar-refractivity contribution in [2.45, 2.75) is 18.9 Å². The maximum absolute atomic E-state index is 14.0. The van der Waals surface area contributed by atoms with E-state index in [1.165, 1.54) is 16.9 Å². The van der Waals surface area contributed by atoms with E-state index in [9.17, 15) is 4.79 Å². The third-order valence-corrected chi connectivity index (χ3v) is 8.13. The fourth-order valence-electron chi connectivity index (χ4n) is 5.39. The zero-order valence-corrected chi connectivity index (χ0v) is 22.7. The Hall–Kier alpha value is -4.36. The number of allylic oxidation sites excluding steroid dienone is 1. The number of para-hydroxylation sites is 1. The van der Waals surface area contributed by atoms with Crippen molar-refractivity contribution in [3.8, 4) is 17.2 Å². The number of rotatable bonds is 7. The molecule has 1 aromatic heterocycles. The normalized spacial score (nSPS) is 16.1. The van der Waals surface area contributed by atoms with Crippen LogP contribution in [0, 0.1) is 0 Å². The number of nitrogens with zero attached hydrogens (tertiary/aromatic N) is 2. The lowest BCUT2D eigenvalue weighted by molar-refractivity contribution is 0.348. The average molecular weight is 537 g/mol. The Morgan fingerprint density at radius 1 is 1.03 bits per heavy atom. The summed E-state index contributed by atoms with van der Waals surface area (Å²) < 4.78 is 19.5. The second kappa shape index (κ2) is 10.4. The molecule has 0 N–H and O–H groups in total. The zero-order chi connectivity index (χ0) is 26.9. The Morgan fingerprint density at radius 3 is 2.62 bits per heavy atom. The van der Waals surface area contributed by atoms with E-state index in [0.29, 0.717) is 27.4 Å². The van der Waals surface area contributed by atoms with Gasteiger partial charge in [-0.05, 0) is 53.8 Å². The highest BCUT2D eigenvalue weighted by molar-refractivity contribution is 7.07. The predicted octanol–water partition coefficient (Wildman–Crippen LogP) is 4.90. The van der Waals surface area contributed by atoms with Crippen molar-refractivity contribution < 1.29 is 14.2 Å². The van der Waals surface area contributed by atoms with Crippen LogP contribution in [0.5, 0.6) is 17.2 Å². The molecule has 196 valence electrons. The van der Waals surface area contributed by atoms with E-state index in [0.717, 1.165) is 46.6 Å². The molecule has 4 aromatic rings. The first kappa shape index (κ1) is 24.9. The summed E-state index contributed by atoms with van der Waals surface area (Å²) in [6.07, 6.45) is 5.31. The molecule has 2 heterocycles. The molecular formula is C32H28N2O4S. The second-order valence-corrected chi connectivity index (χ2v) is 10.4. The van der Waals surface area contributed by atoms with Crippen molar-refractivity contribution in [1.82, 2.24) is 4.57 Å². The molecule has 6 nitrogen and oxygen atoms in total. The van der Waals surface area contributed by atoms with Gasteiger partial charge in [0, 0.05) is 11.1 Å². The lowest BCUT2D eigenvalue weighted by atomic mass is 9.83. The van der Waals surface area contributed by atoms with Crippen LogP contribution in [0.25, 0.3) is 11.8 Å². The minimum absolute atomic E-state index is 0.0778. The van der Waals surface area contributed by atoms with Crippen molar-refractivity contribution in [3.63, 3.8) is 0 Å². The number of ether oxygens (including phenoxy) is 3. The van der Waals surface area contributed by atoms with Crippen LogP contribution < -0.4 is 29.1 Å². The molecule has 7 heteroatoms. The van der Waals surface area contributed by atoms with Crippen LogP contribution in [0.1, 0.15) is 34.7 Å². The first-order chi connectivity index (χ1) is 19.1. The van der Waals surface area contributed by atoms with Crippen LogP contribution in [0.3, 0.4) is 0 Å². The van der Waals surface area contributed by atoms with Gasteiger partial charge in [-0.25, -0.2) is 4.99 Å². The van der Waals surface area contributed by atoms with Crippen LogP contribution in [-0.2, 0) is 6.42 Å². The summed E-state index contributed by atoms with van der Waals surface area (Å²) in [7, 11) is 3.27. The van der Waals surface area contributed by atoms with Gasteiger partial charge in [0.1, 0.15) is 12.4 Å². The summed E-state index contributed by atoms with van der Waals surface area (Å²) in [5, 5.41) is 0. The molecule has 0 saturated carbocycles. The van der Waals surface area contributed by atoms with Gasteiger partial charge in [-0.1, -0.05) is 72.5 Å². The largest absolute Gasteiger partial charge is 0.493 e. The standard InChI is InChI=1S/C32H28N2O4S/c1-4-18-38-22-15-12-20(13-16-22)19-27-31(35)34-29(25-10-7-11-26(36-2)30(25)37-3)24-17-14-21-8-5-6-9-23(21)28(24)33-32(34)39-27/h4-13,15-16,19,29H,1,14,17-18H2,2-3H3. The van der Waals surface area contributed by atoms with E-state index < -0.39 is 0 Å². The number of methoxy groups -OCH3 is 2. The van der Waals surface area contributed by atoms with Crippen LogP contribution >= 0.6 is 11.3 Å². The maximum Gasteiger partial charge on any atom is 0.271 e. The number of hydrogen-bond acceptors (Lipinski definition) is 6.